The summed E-state index contributed by atoms with van der Waals surface area (Å²) in [5, 5.41) is 8.86. The Morgan fingerprint density at radius 1 is 1.56 bits per heavy atom. The van der Waals surface area contributed by atoms with Gasteiger partial charge in [-0.1, -0.05) is 25.1 Å². The van der Waals surface area contributed by atoms with Crippen LogP contribution in [0, 0.1) is 0 Å². The van der Waals surface area contributed by atoms with Gasteiger partial charge in [0.05, 0.1) is 19.6 Å². The predicted octanol–water partition coefficient (Wildman–Crippen LogP) is 2.43. The van der Waals surface area contributed by atoms with Crippen molar-refractivity contribution in [1.29, 1.82) is 0 Å². The molecule has 0 aromatic heterocycles. The molecule has 0 spiro atoms. The van der Waals surface area contributed by atoms with Crippen molar-refractivity contribution in [1.82, 2.24) is 0 Å². The zero-order valence-corrected chi connectivity index (χ0v) is 10.5. The first kappa shape index (κ1) is 12.9. The van der Waals surface area contributed by atoms with E-state index in [2.05, 4.69) is 0 Å². The monoisotopic (exact) mass is 250 g/mol. The van der Waals surface area contributed by atoms with Crippen LogP contribution in [0.5, 0.6) is 5.75 Å². The third kappa shape index (κ3) is 3.23. The lowest BCUT2D eigenvalue weighted by molar-refractivity contribution is -0.137. The number of rotatable bonds is 5. The smallest absolute Gasteiger partial charge is 0.303 e. The average molecular weight is 250 g/mol. The van der Waals surface area contributed by atoms with Crippen molar-refractivity contribution in [3.63, 3.8) is 0 Å². The Hall–Kier alpha value is -1.55. The van der Waals surface area contributed by atoms with Crippen molar-refractivity contribution in [3.8, 4) is 5.75 Å². The lowest BCUT2D eigenvalue weighted by Crippen LogP contribution is -2.17. The minimum Gasteiger partial charge on any atom is -0.488 e. The molecule has 0 radical (unpaired) electrons. The summed E-state index contributed by atoms with van der Waals surface area (Å²) >= 11 is 0. The molecule has 0 bridgehead atoms. The molecule has 98 valence electrons. The Morgan fingerprint density at radius 2 is 2.33 bits per heavy atom. The van der Waals surface area contributed by atoms with E-state index in [0.717, 1.165) is 24.3 Å². The summed E-state index contributed by atoms with van der Waals surface area (Å²) in [6, 6.07) is 7.64. The van der Waals surface area contributed by atoms with Gasteiger partial charge in [0.1, 0.15) is 11.9 Å². The molecule has 1 aromatic rings. The molecule has 1 aromatic carbocycles. The molecule has 18 heavy (non-hydrogen) atoms. The van der Waals surface area contributed by atoms with E-state index in [0.29, 0.717) is 6.61 Å². The van der Waals surface area contributed by atoms with E-state index in [1.807, 2.05) is 31.2 Å². The second-order valence-corrected chi connectivity index (χ2v) is 4.64. The molecule has 4 heteroatoms. The molecular formula is C14H18O4. The van der Waals surface area contributed by atoms with Crippen LogP contribution in [0.2, 0.25) is 0 Å². The first-order valence-corrected chi connectivity index (χ1v) is 6.22. The van der Waals surface area contributed by atoms with E-state index >= 15 is 0 Å². The molecule has 2 rings (SSSR count). The van der Waals surface area contributed by atoms with Crippen LogP contribution in [0.1, 0.15) is 31.2 Å². The summed E-state index contributed by atoms with van der Waals surface area (Å²) in [4.78, 5) is 10.8. The van der Waals surface area contributed by atoms with E-state index < -0.39 is 5.97 Å². The summed E-state index contributed by atoms with van der Waals surface area (Å²) in [6.07, 6.45) is 1.09. The number of aliphatic carboxylic acids is 1. The summed E-state index contributed by atoms with van der Waals surface area (Å²) in [6.45, 7) is 3.25. The van der Waals surface area contributed by atoms with Crippen molar-refractivity contribution < 1.29 is 19.4 Å². The van der Waals surface area contributed by atoms with E-state index in [-0.39, 0.29) is 18.4 Å². The van der Waals surface area contributed by atoms with E-state index in [1.54, 1.807) is 0 Å². The highest BCUT2D eigenvalue weighted by molar-refractivity contribution is 5.68. The normalized spacial score (nSPS) is 20.6. The highest BCUT2D eigenvalue weighted by Gasteiger charge is 2.20. The fourth-order valence-corrected chi connectivity index (χ4v) is 2.15. The standard InChI is InChI=1S/C14H18O4/c1-10(8-14(15)16)12-4-2-3-5-13(12)18-11-6-7-17-9-11/h2-5,10-11H,6-9H2,1H3,(H,15,16)/t10?,11-/m0/s1. The Kier molecular flexibility index (Phi) is 4.20. The zero-order valence-electron chi connectivity index (χ0n) is 10.5. The molecule has 1 saturated heterocycles. The molecular weight excluding hydrogens is 232 g/mol. The minimum atomic E-state index is -0.790. The molecule has 1 fully saturated rings. The predicted molar refractivity (Wildman–Crippen MR) is 67.0 cm³/mol. The van der Waals surface area contributed by atoms with Gasteiger partial charge in [-0.3, -0.25) is 4.79 Å². The largest absolute Gasteiger partial charge is 0.488 e. The van der Waals surface area contributed by atoms with Crippen LogP contribution in [0.25, 0.3) is 0 Å². The van der Waals surface area contributed by atoms with E-state index in [4.69, 9.17) is 14.6 Å². The molecule has 2 atom stereocenters. The van der Waals surface area contributed by atoms with Crippen LogP contribution in [-0.2, 0) is 9.53 Å². The molecule has 1 heterocycles. The molecule has 1 aliphatic heterocycles. The lowest BCUT2D eigenvalue weighted by Gasteiger charge is -2.18. The fraction of sp³-hybridized carbons (Fsp3) is 0.500. The summed E-state index contributed by atoms with van der Waals surface area (Å²) in [7, 11) is 0. The number of carboxylic acids is 1. The quantitative estimate of drug-likeness (QED) is 0.872. The molecule has 0 aliphatic carbocycles. The maximum atomic E-state index is 10.8. The molecule has 0 amide bonds. The van der Waals surface area contributed by atoms with Crippen molar-refractivity contribution in [3.05, 3.63) is 29.8 Å². The highest BCUT2D eigenvalue weighted by Crippen LogP contribution is 2.30. The van der Waals surface area contributed by atoms with Crippen LogP contribution in [0.15, 0.2) is 24.3 Å². The van der Waals surface area contributed by atoms with Gasteiger partial charge in [-0.05, 0) is 17.5 Å². The fourth-order valence-electron chi connectivity index (χ4n) is 2.15. The second kappa shape index (κ2) is 5.87. The van der Waals surface area contributed by atoms with Crippen molar-refractivity contribution in [2.75, 3.05) is 13.2 Å². The van der Waals surface area contributed by atoms with Gasteiger partial charge in [0, 0.05) is 6.42 Å². The molecule has 1 N–H and O–H groups in total. The molecule has 1 aliphatic rings. The molecule has 0 saturated carbocycles. The van der Waals surface area contributed by atoms with E-state index in [1.165, 1.54) is 0 Å². The Bertz CT molecular complexity index is 410. The van der Waals surface area contributed by atoms with Crippen LogP contribution in [-0.4, -0.2) is 30.4 Å². The van der Waals surface area contributed by atoms with Gasteiger partial charge in [-0.2, -0.15) is 0 Å². The van der Waals surface area contributed by atoms with Crippen LogP contribution < -0.4 is 4.74 Å². The number of hydrogen-bond acceptors (Lipinski definition) is 3. The van der Waals surface area contributed by atoms with Crippen molar-refractivity contribution in [2.24, 2.45) is 0 Å². The first-order valence-electron chi connectivity index (χ1n) is 6.22. The number of carbonyl (C=O) groups is 1. The van der Waals surface area contributed by atoms with Crippen LogP contribution in [0.4, 0.5) is 0 Å². The number of ether oxygens (including phenoxy) is 2. The van der Waals surface area contributed by atoms with Crippen LogP contribution >= 0.6 is 0 Å². The first-order chi connectivity index (χ1) is 8.66. The van der Waals surface area contributed by atoms with Crippen LogP contribution in [0.3, 0.4) is 0 Å². The number of benzene rings is 1. The Labute approximate surface area is 107 Å². The third-order valence-electron chi connectivity index (χ3n) is 3.11. The third-order valence-corrected chi connectivity index (χ3v) is 3.11. The Balaban J connectivity index is 2.11. The molecule has 1 unspecified atom stereocenters. The average Bonchev–Trinajstić information content (AvgIpc) is 2.81. The van der Waals surface area contributed by atoms with Crippen molar-refractivity contribution >= 4 is 5.97 Å². The second-order valence-electron chi connectivity index (χ2n) is 4.64. The zero-order chi connectivity index (χ0) is 13.0. The summed E-state index contributed by atoms with van der Waals surface area (Å²) in [5.41, 5.74) is 0.951. The van der Waals surface area contributed by atoms with E-state index in [9.17, 15) is 4.79 Å². The number of carboxylic acid groups (broad SMARTS) is 1. The maximum Gasteiger partial charge on any atom is 0.303 e. The minimum absolute atomic E-state index is 0.0546. The number of para-hydroxylation sites is 1. The Morgan fingerprint density at radius 3 is 3.00 bits per heavy atom. The number of hydrogen-bond donors (Lipinski definition) is 1. The molecule has 4 nitrogen and oxygen atoms in total. The van der Waals surface area contributed by atoms with Gasteiger partial charge >= 0.3 is 5.97 Å². The van der Waals surface area contributed by atoms with Crippen molar-refractivity contribution in [2.45, 2.75) is 31.8 Å². The van der Waals surface area contributed by atoms with Gasteiger partial charge in [0.2, 0.25) is 0 Å². The summed E-state index contributed by atoms with van der Waals surface area (Å²) in [5.74, 6) is -0.0655. The van der Waals surface area contributed by atoms with Gasteiger partial charge in [0.15, 0.2) is 0 Å². The van der Waals surface area contributed by atoms with Gasteiger partial charge in [-0.15, -0.1) is 0 Å². The van der Waals surface area contributed by atoms with Gasteiger partial charge in [-0.25, -0.2) is 0 Å². The van der Waals surface area contributed by atoms with Gasteiger partial charge in [0.25, 0.3) is 0 Å². The SMILES string of the molecule is CC(CC(=O)O)c1ccccc1O[C@H]1CCOC1. The maximum absolute atomic E-state index is 10.8. The highest BCUT2D eigenvalue weighted by atomic mass is 16.5. The van der Waals surface area contributed by atoms with Gasteiger partial charge < -0.3 is 14.6 Å². The summed E-state index contributed by atoms with van der Waals surface area (Å²) < 4.78 is 11.2. The topological polar surface area (TPSA) is 55.8 Å². The lowest BCUT2D eigenvalue weighted by atomic mass is 9.97.